The van der Waals surface area contributed by atoms with Gasteiger partial charge in [-0.1, -0.05) is 19.9 Å². The van der Waals surface area contributed by atoms with Crippen molar-refractivity contribution in [3.63, 3.8) is 0 Å². The summed E-state index contributed by atoms with van der Waals surface area (Å²) in [5.41, 5.74) is 0. The predicted octanol–water partition coefficient (Wildman–Crippen LogP) is 2.94. The van der Waals surface area contributed by atoms with Crippen molar-refractivity contribution in [2.24, 2.45) is 23.7 Å². The molecular formula is C16H24O3. The zero-order chi connectivity index (χ0) is 13.8. The van der Waals surface area contributed by atoms with Gasteiger partial charge in [-0.2, -0.15) is 0 Å². The van der Waals surface area contributed by atoms with E-state index in [4.69, 9.17) is 9.47 Å². The number of ketones is 1. The summed E-state index contributed by atoms with van der Waals surface area (Å²) < 4.78 is 12.3. The van der Waals surface area contributed by atoms with E-state index in [2.05, 4.69) is 19.9 Å². The third-order valence-corrected chi connectivity index (χ3v) is 5.22. The van der Waals surface area contributed by atoms with Crippen LogP contribution in [0.25, 0.3) is 0 Å². The molecule has 0 aromatic carbocycles. The van der Waals surface area contributed by atoms with E-state index in [0.717, 1.165) is 12.8 Å². The van der Waals surface area contributed by atoms with Crippen LogP contribution < -0.4 is 0 Å². The lowest BCUT2D eigenvalue weighted by molar-refractivity contribution is -0.159. The molecule has 6 atom stereocenters. The molecule has 0 N–H and O–H groups in total. The van der Waals surface area contributed by atoms with Gasteiger partial charge in [-0.05, 0) is 50.5 Å². The molecule has 3 rings (SSSR count). The van der Waals surface area contributed by atoms with E-state index in [1.807, 2.05) is 13.8 Å². The van der Waals surface area contributed by atoms with Crippen LogP contribution in [0.3, 0.4) is 0 Å². The maximum absolute atomic E-state index is 12.3. The maximum atomic E-state index is 12.3. The zero-order valence-corrected chi connectivity index (χ0v) is 12.3. The first kappa shape index (κ1) is 13.3. The molecule has 0 spiro atoms. The fourth-order valence-corrected chi connectivity index (χ4v) is 4.05. The topological polar surface area (TPSA) is 35.5 Å². The second-order valence-electron chi connectivity index (χ2n) is 6.93. The van der Waals surface area contributed by atoms with E-state index in [1.54, 1.807) is 6.08 Å². The summed E-state index contributed by atoms with van der Waals surface area (Å²) in [6, 6.07) is 0. The largest absolute Gasteiger partial charge is 0.344 e. The van der Waals surface area contributed by atoms with Gasteiger partial charge in [0.2, 0.25) is 0 Å². The van der Waals surface area contributed by atoms with Gasteiger partial charge in [0.15, 0.2) is 11.6 Å². The molecule has 1 saturated heterocycles. The van der Waals surface area contributed by atoms with Crippen LogP contribution in [-0.4, -0.2) is 23.8 Å². The molecule has 2 aliphatic carbocycles. The van der Waals surface area contributed by atoms with Crippen molar-refractivity contribution >= 4 is 5.78 Å². The molecule has 0 amide bonds. The van der Waals surface area contributed by atoms with Crippen molar-refractivity contribution in [3.8, 4) is 0 Å². The van der Waals surface area contributed by atoms with Crippen LogP contribution in [0.4, 0.5) is 0 Å². The highest BCUT2D eigenvalue weighted by Gasteiger charge is 2.52. The van der Waals surface area contributed by atoms with Crippen molar-refractivity contribution in [1.29, 1.82) is 0 Å². The van der Waals surface area contributed by atoms with Gasteiger partial charge >= 0.3 is 0 Å². The van der Waals surface area contributed by atoms with E-state index < -0.39 is 5.79 Å². The van der Waals surface area contributed by atoms with Gasteiger partial charge in [-0.15, -0.1) is 0 Å². The normalized spacial score (nSPS) is 48.5. The van der Waals surface area contributed by atoms with Crippen molar-refractivity contribution in [3.05, 3.63) is 12.2 Å². The van der Waals surface area contributed by atoms with Crippen molar-refractivity contribution in [2.75, 3.05) is 0 Å². The molecular weight excluding hydrogens is 240 g/mol. The molecule has 0 aromatic rings. The molecule has 3 heteroatoms. The molecule has 1 saturated carbocycles. The molecule has 19 heavy (non-hydrogen) atoms. The average Bonchev–Trinajstić information content (AvgIpc) is 2.49. The summed E-state index contributed by atoms with van der Waals surface area (Å²) in [4.78, 5) is 12.3. The lowest BCUT2D eigenvalue weighted by atomic mass is 9.82. The molecule has 106 valence electrons. The highest BCUT2D eigenvalue weighted by atomic mass is 16.8. The summed E-state index contributed by atoms with van der Waals surface area (Å²) in [7, 11) is 0. The van der Waals surface area contributed by atoms with Crippen LogP contribution >= 0.6 is 0 Å². The standard InChI is InChI=1S/C16H24O3/c1-9-11-6-5-7-13(17)12(8-11)10(2)15-14(9)18-16(3,4)19-15/h5,7,9-12,14-15H,6,8H2,1-4H3/t9-,10+,11+,12+,14+,15-/m1/s1. The van der Waals surface area contributed by atoms with Crippen LogP contribution in [0, 0.1) is 23.7 Å². The Morgan fingerprint density at radius 2 is 1.79 bits per heavy atom. The number of carbonyl (C=O) groups excluding carboxylic acids is 1. The van der Waals surface area contributed by atoms with Crippen LogP contribution in [0.15, 0.2) is 12.2 Å². The Bertz CT molecular complexity index is 412. The van der Waals surface area contributed by atoms with Gasteiger partial charge in [-0.3, -0.25) is 4.79 Å². The summed E-state index contributed by atoms with van der Waals surface area (Å²) in [5.74, 6) is 1.05. The quantitative estimate of drug-likeness (QED) is 0.675. The second kappa shape index (κ2) is 4.42. The van der Waals surface area contributed by atoms with Gasteiger partial charge < -0.3 is 9.47 Å². The lowest BCUT2D eigenvalue weighted by Crippen LogP contribution is -2.36. The molecule has 1 aliphatic heterocycles. The Morgan fingerprint density at radius 1 is 1.16 bits per heavy atom. The third kappa shape index (κ3) is 2.17. The smallest absolute Gasteiger partial charge is 0.163 e. The molecule has 3 nitrogen and oxygen atoms in total. The van der Waals surface area contributed by atoms with Gasteiger partial charge in [0.1, 0.15) is 0 Å². The Morgan fingerprint density at radius 3 is 2.47 bits per heavy atom. The van der Waals surface area contributed by atoms with E-state index >= 15 is 0 Å². The van der Waals surface area contributed by atoms with Crippen molar-refractivity contribution in [1.82, 2.24) is 0 Å². The molecule has 3 aliphatic rings. The van der Waals surface area contributed by atoms with Crippen LogP contribution in [0.5, 0.6) is 0 Å². The Balaban J connectivity index is 1.97. The first-order valence-electron chi connectivity index (χ1n) is 7.45. The average molecular weight is 264 g/mol. The van der Waals surface area contributed by atoms with Gasteiger partial charge in [-0.25, -0.2) is 0 Å². The van der Waals surface area contributed by atoms with Crippen molar-refractivity contribution < 1.29 is 14.3 Å². The SMILES string of the molecule is C[C@@H]1[C@H]2CC=CC(=O)[C@@H](C2)[C@H](C)[C@H]2OC(C)(C)O[C@@H]12. The van der Waals surface area contributed by atoms with E-state index in [-0.39, 0.29) is 29.8 Å². The highest BCUT2D eigenvalue weighted by Crippen LogP contribution is 2.47. The Labute approximate surface area is 115 Å². The monoisotopic (exact) mass is 264 g/mol. The molecule has 0 aromatic heterocycles. The number of hydrogen-bond donors (Lipinski definition) is 0. The lowest BCUT2D eigenvalue weighted by Gasteiger charge is -2.27. The summed E-state index contributed by atoms with van der Waals surface area (Å²) >= 11 is 0. The fraction of sp³-hybridized carbons (Fsp3) is 0.812. The number of allylic oxidation sites excluding steroid dienone is 2. The van der Waals surface area contributed by atoms with Crippen LogP contribution in [0.2, 0.25) is 0 Å². The van der Waals surface area contributed by atoms with Gasteiger partial charge in [0.25, 0.3) is 0 Å². The van der Waals surface area contributed by atoms with E-state index in [9.17, 15) is 4.79 Å². The predicted molar refractivity (Wildman–Crippen MR) is 72.5 cm³/mol. The summed E-state index contributed by atoms with van der Waals surface area (Å²) in [6.45, 7) is 8.36. The number of ether oxygens (including phenoxy) is 2. The minimum Gasteiger partial charge on any atom is -0.344 e. The minimum absolute atomic E-state index is 0.0513. The molecule has 2 fully saturated rings. The minimum atomic E-state index is -0.519. The maximum Gasteiger partial charge on any atom is 0.163 e. The number of hydrogen-bond acceptors (Lipinski definition) is 3. The fourth-order valence-electron chi connectivity index (χ4n) is 4.05. The van der Waals surface area contributed by atoms with Crippen molar-refractivity contribution in [2.45, 2.75) is 58.5 Å². The highest BCUT2D eigenvalue weighted by molar-refractivity contribution is 5.92. The molecule has 2 bridgehead atoms. The number of rotatable bonds is 0. The third-order valence-electron chi connectivity index (χ3n) is 5.22. The van der Waals surface area contributed by atoms with Gasteiger partial charge in [0.05, 0.1) is 12.2 Å². The summed E-state index contributed by atoms with van der Waals surface area (Å²) in [6.07, 6.45) is 5.99. The van der Waals surface area contributed by atoms with E-state index in [1.165, 1.54) is 0 Å². The van der Waals surface area contributed by atoms with Crippen LogP contribution in [0.1, 0.15) is 40.5 Å². The van der Waals surface area contributed by atoms with Gasteiger partial charge in [0, 0.05) is 5.92 Å². The molecule has 0 unspecified atom stereocenters. The first-order chi connectivity index (χ1) is 8.89. The molecule has 1 heterocycles. The van der Waals surface area contributed by atoms with E-state index in [0.29, 0.717) is 11.8 Å². The molecule has 0 radical (unpaired) electrons. The van der Waals surface area contributed by atoms with Crippen LogP contribution in [-0.2, 0) is 14.3 Å². The Kier molecular flexibility index (Phi) is 3.10. The number of carbonyl (C=O) groups is 1. The number of fused-ring (bicyclic) bond motifs is 3. The second-order valence-corrected chi connectivity index (χ2v) is 6.93. The first-order valence-corrected chi connectivity index (χ1v) is 7.45. The summed E-state index contributed by atoms with van der Waals surface area (Å²) in [5, 5.41) is 0. The zero-order valence-electron chi connectivity index (χ0n) is 12.3. The Hall–Kier alpha value is -0.670.